The number of H-pyrrole nitrogens is 1. The number of hydrogen-bond acceptors (Lipinski definition) is 9. The van der Waals surface area contributed by atoms with E-state index in [0.717, 1.165) is 67.1 Å². The normalized spacial score (nSPS) is 27.4. The van der Waals surface area contributed by atoms with Crippen LogP contribution in [0.15, 0.2) is 6.07 Å². The minimum Gasteiger partial charge on any atom is -0.461 e. The Labute approximate surface area is 235 Å². The van der Waals surface area contributed by atoms with Crippen LogP contribution in [0.2, 0.25) is 0 Å². The van der Waals surface area contributed by atoms with Crippen LogP contribution < -0.4 is 14.5 Å². The number of anilines is 2. The molecule has 2 N–H and O–H groups in total. The number of nitrogens with one attached hydrogen (secondary N) is 1. The molecule has 2 bridgehead atoms. The molecule has 5 aliphatic rings. The minimum atomic E-state index is -0.192. The van der Waals surface area contributed by atoms with Gasteiger partial charge in [-0.3, -0.25) is 4.90 Å². The fraction of sp³-hybridized carbons (Fsp3) is 0.667. The lowest BCUT2D eigenvalue weighted by Gasteiger charge is -2.37. The van der Waals surface area contributed by atoms with Crippen molar-refractivity contribution < 1.29 is 9.84 Å². The van der Waals surface area contributed by atoms with E-state index in [4.69, 9.17) is 14.7 Å². The van der Waals surface area contributed by atoms with E-state index in [1.807, 2.05) is 0 Å². The zero-order chi connectivity index (χ0) is 27.0. The van der Waals surface area contributed by atoms with Gasteiger partial charge in [0.05, 0.1) is 29.6 Å². The zero-order valence-electron chi connectivity index (χ0n) is 23.7. The molecule has 0 amide bonds. The van der Waals surface area contributed by atoms with Crippen LogP contribution in [0.4, 0.5) is 11.5 Å². The summed E-state index contributed by atoms with van der Waals surface area (Å²) in [5.74, 6) is 1.89. The molecule has 10 heteroatoms. The number of hydrogen-bond donors (Lipinski definition) is 2. The second-order valence-electron chi connectivity index (χ2n) is 13.1. The predicted molar refractivity (Wildman–Crippen MR) is 153 cm³/mol. The molecule has 10 nitrogen and oxygen atoms in total. The highest BCUT2D eigenvalue weighted by atomic mass is 16.5. The molecule has 4 fully saturated rings. The molecule has 40 heavy (non-hydrogen) atoms. The van der Waals surface area contributed by atoms with Crippen molar-refractivity contribution in [3.63, 3.8) is 0 Å². The first-order valence-corrected chi connectivity index (χ1v) is 15.2. The number of rotatable bonds is 5. The number of aromatic amines is 1. The van der Waals surface area contributed by atoms with Gasteiger partial charge in [0.25, 0.3) is 0 Å². The second-order valence-corrected chi connectivity index (χ2v) is 13.1. The smallest absolute Gasteiger partial charge is 0.318 e. The minimum absolute atomic E-state index is 0.150. The summed E-state index contributed by atoms with van der Waals surface area (Å²) in [6, 6.07) is 2.62. The molecule has 4 aliphatic heterocycles. The average Bonchev–Trinajstić information content (AvgIpc) is 3.71. The van der Waals surface area contributed by atoms with E-state index in [1.165, 1.54) is 55.5 Å². The Morgan fingerprint density at radius 3 is 2.73 bits per heavy atom. The molecule has 6 heterocycles. The number of aliphatic hydroxyl groups is 1. The molecule has 1 aliphatic carbocycles. The first kappa shape index (κ1) is 24.8. The Hall–Kier alpha value is -2.98. The summed E-state index contributed by atoms with van der Waals surface area (Å²) >= 11 is 0. The zero-order valence-corrected chi connectivity index (χ0v) is 23.7. The van der Waals surface area contributed by atoms with Gasteiger partial charge in [-0.05, 0) is 95.0 Å². The van der Waals surface area contributed by atoms with Crippen molar-refractivity contribution in [3.8, 4) is 6.01 Å². The van der Waals surface area contributed by atoms with Gasteiger partial charge < -0.3 is 19.6 Å². The van der Waals surface area contributed by atoms with E-state index < -0.39 is 0 Å². The van der Waals surface area contributed by atoms with E-state index in [-0.39, 0.29) is 11.6 Å². The van der Waals surface area contributed by atoms with Gasteiger partial charge in [-0.15, -0.1) is 0 Å². The van der Waals surface area contributed by atoms with Crippen LogP contribution in [-0.2, 0) is 13.0 Å². The topological polar surface area (TPSA) is 107 Å². The molecule has 0 spiro atoms. The Morgan fingerprint density at radius 1 is 1.05 bits per heavy atom. The first-order chi connectivity index (χ1) is 19.5. The molecule has 8 rings (SSSR count). The molecule has 3 atom stereocenters. The SMILES string of the molecule is Cc1cc2n[nH]nc2c(N2CCc3c(nc(OCC45CCCN4CCC5)nc3N3C[C@@H]4C[C@H](C3)[C@H](O)C4)C2)c1C. The van der Waals surface area contributed by atoms with Gasteiger partial charge >= 0.3 is 6.01 Å². The molecule has 3 saturated heterocycles. The Balaban J connectivity index is 1.15. The number of benzene rings is 1. The van der Waals surface area contributed by atoms with Crippen LogP contribution in [0.25, 0.3) is 11.0 Å². The Bertz CT molecular complexity index is 1440. The molecule has 1 aromatic carbocycles. The van der Waals surface area contributed by atoms with Gasteiger partial charge in [0.1, 0.15) is 23.5 Å². The van der Waals surface area contributed by atoms with E-state index in [1.54, 1.807) is 0 Å². The van der Waals surface area contributed by atoms with Gasteiger partial charge in [-0.1, -0.05) is 0 Å². The fourth-order valence-electron chi connectivity index (χ4n) is 8.55. The highest BCUT2D eigenvalue weighted by molar-refractivity contribution is 5.91. The molecule has 1 saturated carbocycles. The van der Waals surface area contributed by atoms with Gasteiger partial charge in [0.15, 0.2) is 0 Å². The fourth-order valence-corrected chi connectivity index (χ4v) is 8.55. The Morgan fingerprint density at radius 2 is 1.90 bits per heavy atom. The van der Waals surface area contributed by atoms with Crippen molar-refractivity contribution in [2.45, 2.75) is 77.0 Å². The van der Waals surface area contributed by atoms with Crippen LogP contribution >= 0.6 is 0 Å². The first-order valence-electron chi connectivity index (χ1n) is 15.2. The number of aromatic nitrogens is 5. The summed E-state index contributed by atoms with van der Waals surface area (Å²) < 4.78 is 6.54. The monoisotopic (exact) mass is 544 g/mol. The number of ether oxygens (including phenoxy) is 1. The van der Waals surface area contributed by atoms with E-state index in [2.05, 4.69) is 50.0 Å². The third-order valence-corrected chi connectivity index (χ3v) is 10.7. The summed E-state index contributed by atoms with van der Waals surface area (Å²) in [6.45, 7) is 10.7. The van der Waals surface area contributed by atoms with Crippen LogP contribution in [-0.4, -0.2) is 86.4 Å². The molecule has 2 aromatic heterocycles. The second kappa shape index (κ2) is 9.27. The molecular formula is C30H40N8O2. The number of piperidine rings is 1. The van der Waals surface area contributed by atoms with Gasteiger partial charge in [-0.2, -0.15) is 25.4 Å². The standard InChI is InChI=1S/C30H40N8O2/c1-18-11-23-26(34-35-33-23)27(19(18)2)36-10-5-22-24(16-36)31-29(40-17-30-6-3-8-38(30)9-4-7-30)32-28(22)37-14-20-12-21(15-37)25(39)13-20/h11,20-21,25,39H,3-10,12-17H2,1-2H3,(H,33,34,35)/t20-,21-,25-/m1/s1. The number of aliphatic hydroxyl groups excluding tert-OH is 1. The predicted octanol–water partition coefficient (Wildman–Crippen LogP) is 3.14. The third-order valence-electron chi connectivity index (χ3n) is 10.7. The van der Waals surface area contributed by atoms with Crippen molar-refractivity contribution in [2.24, 2.45) is 11.8 Å². The molecular weight excluding hydrogens is 504 g/mol. The van der Waals surface area contributed by atoms with Gasteiger partial charge in [-0.25, -0.2) is 0 Å². The lowest BCUT2D eigenvalue weighted by Crippen LogP contribution is -2.44. The molecule has 0 radical (unpaired) electrons. The van der Waals surface area contributed by atoms with Crippen molar-refractivity contribution in [2.75, 3.05) is 49.1 Å². The van der Waals surface area contributed by atoms with Crippen molar-refractivity contribution in [3.05, 3.63) is 28.5 Å². The van der Waals surface area contributed by atoms with E-state index in [0.29, 0.717) is 31.0 Å². The lowest BCUT2D eigenvalue weighted by molar-refractivity contribution is 0.107. The van der Waals surface area contributed by atoms with Crippen LogP contribution in [0.5, 0.6) is 6.01 Å². The highest BCUT2D eigenvalue weighted by Gasteiger charge is 2.45. The molecule has 212 valence electrons. The van der Waals surface area contributed by atoms with Crippen LogP contribution in [0, 0.1) is 25.7 Å². The summed E-state index contributed by atoms with van der Waals surface area (Å²) in [5, 5.41) is 22.4. The van der Waals surface area contributed by atoms with Crippen molar-refractivity contribution in [1.29, 1.82) is 0 Å². The van der Waals surface area contributed by atoms with Crippen LogP contribution in [0.1, 0.15) is 60.9 Å². The molecule has 0 unspecified atom stereocenters. The van der Waals surface area contributed by atoms with Crippen molar-refractivity contribution in [1.82, 2.24) is 30.3 Å². The number of fused-ring (bicyclic) bond motifs is 5. The maximum atomic E-state index is 10.6. The maximum absolute atomic E-state index is 10.6. The summed E-state index contributed by atoms with van der Waals surface area (Å²) in [4.78, 5) is 17.7. The lowest BCUT2D eigenvalue weighted by atomic mass is 9.95. The van der Waals surface area contributed by atoms with Gasteiger partial charge in [0, 0.05) is 31.1 Å². The highest BCUT2D eigenvalue weighted by Crippen LogP contribution is 2.42. The number of aryl methyl sites for hydroxylation is 1. The van der Waals surface area contributed by atoms with Gasteiger partial charge in [0.2, 0.25) is 0 Å². The molecule has 3 aromatic rings. The third kappa shape index (κ3) is 3.89. The summed E-state index contributed by atoms with van der Waals surface area (Å²) in [6.07, 6.45) is 7.61. The number of nitrogens with zero attached hydrogens (tertiary/aromatic N) is 7. The maximum Gasteiger partial charge on any atom is 0.318 e. The summed E-state index contributed by atoms with van der Waals surface area (Å²) in [5.41, 5.74) is 7.85. The Kier molecular flexibility index (Phi) is 5.75. The average molecular weight is 545 g/mol. The van der Waals surface area contributed by atoms with Crippen molar-refractivity contribution >= 4 is 22.5 Å². The quantitative estimate of drug-likeness (QED) is 0.501. The summed E-state index contributed by atoms with van der Waals surface area (Å²) in [7, 11) is 0. The van der Waals surface area contributed by atoms with E-state index >= 15 is 0 Å². The van der Waals surface area contributed by atoms with E-state index in [9.17, 15) is 5.11 Å². The largest absolute Gasteiger partial charge is 0.461 e. The van der Waals surface area contributed by atoms with Crippen LogP contribution in [0.3, 0.4) is 0 Å².